The van der Waals surface area contributed by atoms with Gasteiger partial charge in [0.15, 0.2) is 5.78 Å². The van der Waals surface area contributed by atoms with Gasteiger partial charge in [0.2, 0.25) is 0 Å². The summed E-state index contributed by atoms with van der Waals surface area (Å²) in [4.78, 5) is 12.1. The van der Waals surface area contributed by atoms with Gasteiger partial charge in [-0.3, -0.25) is 4.79 Å². The van der Waals surface area contributed by atoms with Gasteiger partial charge in [-0.15, -0.1) is 0 Å². The van der Waals surface area contributed by atoms with Crippen LogP contribution in [-0.4, -0.2) is 29.7 Å². The molecule has 2 aliphatic rings. The van der Waals surface area contributed by atoms with Crippen LogP contribution in [0.25, 0.3) is 0 Å². The number of hydrogen-bond acceptors (Lipinski definition) is 3. The lowest BCUT2D eigenvalue weighted by Crippen LogP contribution is -2.40. The second kappa shape index (κ2) is 7.39. The highest BCUT2D eigenvalue weighted by atomic mass is 16.5. The van der Waals surface area contributed by atoms with Crippen molar-refractivity contribution in [2.24, 2.45) is 5.92 Å². The number of Topliss-reactive ketones (excluding diaryl/α,β-unsaturated/α-hetero) is 1. The van der Waals surface area contributed by atoms with Crippen molar-refractivity contribution in [3.05, 3.63) is 0 Å². The van der Waals surface area contributed by atoms with Gasteiger partial charge in [-0.05, 0) is 38.0 Å². The molecule has 2 rings (SSSR count). The molecule has 1 aliphatic carbocycles. The zero-order chi connectivity index (χ0) is 13.6. The van der Waals surface area contributed by atoms with Crippen molar-refractivity contribution >= 4 is 5.78 Å². The van der Waals surface area contributed by atoms with Crippen molar-refractivity contribution in [1.82, 2.24) is 0 Å². The molecular formula is C16H28O3. The van der Waals surface area contributed by atoms with E-state index in [2.05, 4.69) is 0 Å². The van der Waals surface area contributed by atoms with Crippen LogP contribution in [0.3, 0.4) is 0 Å². The molecule has 0 bridgehead atoms. The third kappa shape index (κ3) is 4.57. The minimum absolute atomic E-state index is 0.0965. The highest BCUT2D eigenvalue weighted by Crippen LogP contribution is 2.30. The number of carbonyl (C=O) groups is 1. The van der Waals surface area contributed by atoms with E-state index in [4.69, 9.17) is 4.74 Å². The lowest BCUT2D eigenvalue weighted by atomic mass is 9.80. The fourth-order valence-electron chi connectivity index (χ4n) is 3.40. The summed E-state index contributed by atoms with van der Waals surface area (Å²) in [6.45, 7) is 1.81. The highest BCUT2D eigenvalue weighted by Gasteiger charge is 2.35. The van der Waals surface area contributed by atoms with E-state index in [0.717, 1.165) is 44.8 Å². The van der Waals surface area contributed by atoms with Gasteiger partial charge < -0.3 is 9.84 Å². The van der Waals surface area contributed by atoms with E-state index in [-0.39, 0.29) is 5.78 Å². The van der Waals surface area contributed by atoms with Crippen molar-refractivity contribution in [1.29, 1.82) is 0 Å². The van der Waals surface area contributed by atoms with Gasteiger partial charge in [0.25, 0.3) is 0 Å². The number of ether oxygens (including phenoxy) is 1. The highest BCUT2D eigenvalue weighted by molar-refractivity contribution is 5.87. The first-order valence-corrected chi connectivity index (χ1v) is 8.04. The Hall–Kier alpha value is -0.410. The van der Waals surface area contributed by atoms with Crippen molar-refractivity contribution in [3.8, 4) is 0 Å². The van der Waals surface area contributed by atoms with E-state index in [1.807, 2.05) is 0 Å². The molecule has 0 atom stereocenters. The molecule has 3 nitrogen and oxygen atoms in total. The van der Waals surface area contributed by atoms with Crippen molar-refractivity contribution in [3.63, 3.8) is 0 Å². The topological polar surface area (TPSA) is 46.5 Å². The van der Waals surface area contributed by atoms with Crippen LogP contribution in [0.5, 0.6) is 0 Å². The number of hydrogen-bond donors (Lipinski definition) is 1. The summed E-state index contributed by atoms with van der Waals surface area (Å²) in [7, 11) is 0. The second-order valence-corrected chi connectivity index (χ2v) is 6.32. The predicted molar refractivity (Wildman–Crippen MR) is 75.1 cm³/mol. The maximum Gasteiger partial charge on any atom is 0.164 e. The largest absolute Gasteiger partial charge is 0.382 e. The average molecular weight is 268 g/mol. The van der Waals surface area contributed by atoms with Crippen molar-refractivity contribution < 1.29 is 14.6 Å². The lowest BCUT2D eigenvalue weighted by Gasteiger charge is -2.30. The van der Waals surface area contributed by atoms with E-state index in [1.54, 1.807) is 0 Å². The van der Waals surface area contributed by atoms with E-state index in [9.17, 15) is 9.90 Å². The van der Waals surface area contributed by atoms with Crippen LogP contribution in [0.1, 0.15) is 70.6 Å². The Balaban J connectivity index is 1.60. The third-order valence-corrected chi connectivity index (χ3v) is 4.81. The monoisotopic (exact) mass is 268 g/mol. The molecular weight excluding hydrogens is 240 g/mol. The van der Waals surface area contributed by atoms with Crippen molar-refractivity contribution in [2.45, 2.75) is 76.2 Å². The molecule has 1 aliphatic heterocycles. The summed E-state index contributed by atoms with van der Waals surface area (Å²) < 4.78 is 5.35. The Morgan fingerprint density at radius 2 is 1.79 bits per heavy atom. The molecule has 0 aromatic rings. The Kier molecular flexibility index (Phi) is 5.83. The predicted octanol–water partition coefficient (Wildman–Crippen LogP) is 3.24. The number of aliphatic hydroxyl groups is 1. The van der Waals surface area contributed by atoms with Gasteiger partial charge in [0.1, 0.15) is 5.60 Å². The van der Waals surface area contributed by atoms with Gasteiger partial charge in [-0.1, -0.05) is 32.1 Å². The van der Waals surface area contributed by atoms with Gasteiger partial charge >= 0.3 is 0 Å². The van der Waals surface area contributed by atoms with E-state index in [1.165, 1.54) is 25.7 Å². The zero-order valence-electron chi connectivity index (χ0n) is 12.0. The summed E-state index contributed by atoms with van der Waals surface area (Å²) in [6, 6.07) is 0. The third-order valence-electron chi connectivity index (χ3n) is 4.81. The quantitative estimate of drug-likeness (QED) is 0.752. The first-order chi connectivity index (χ1) is 9.21. The molecule has 19 heavy (non-hydrogen) atoms. The van der Waals surface area contributed by atoms with E-state index < -0.39 is 5.60 Å². The van der Waals surface area contributed by atoms with E-state index in [0.29, 0.717) is 19.3 Å². The summed E-state index contributed by atoms with van der Waals surface area (Å²) in [5.74, 6) is 0.890. The molecule has 1 saturated carbocycles. The Labute approximate surface area is 116 Å². The molecule has 0 spiro atoms. The molecule has 1 N–H and O–H groups in total. The van der Waals surface area contributed by atoms with Gasteiger partial charge in [-0.2, -0.15) is 0 Å². The molecule has 2 fully saturated rings. The molecule has 0 aromatic carbocycles. The molecule has 0 aromatic heterocycles. The van der Waals surface area contributed by atoms with Crippen LogP contribution in [0.15, 0.2) is 0 Å². The average Bonchev–Trinajstić information content (AvgIpc) is 2.45. The van der Waals surface area contributed by atoms with Gasteiger partial charge in [-0.25, -0.2) is 0 Å². The first kappa shape index (κ1) is 15.0. The molecule has 110 valence electrons. The second-order valence-electron chi connectivity index (χ2n) is 6.32. The fourth-order valence-corrected chi connectivity index (χ4v) is 3.40. The number of ketones is 1. The Morgan fingerprint density at radius 3 is 2.47 bits per heavy atom. The molecule has 0 amide bonds. The normalized spacial score (nSPS) is 24.3. The van der Waals surface area contributed by atoms with Crippen LogP contribution in [0, 0.1) is 5.92 Å². The molecule has 0 unspecified atom stereocenters. The van der Waals surface area contributed by atoms with Gasteiger partial charge in [0.05, 0.1) is 0 Å². The maximum absolute atomic E-state index is 12.1. The maximum atomic E-state index is 12.1. The van der Waals surface area contributed by atoms with Crippen LogP contribution in [-0.2, 0) is 9.53 Å². The smallest absolute Gasteiger partial charge is 0.164 e. The summed E-state index contributed by atoms with van der Waals surface area (Å²) in [6.07, 6.45) is 10.8. The van der Waals surface area contributed by atoms with Crippen LogP contribution in [0.4, 0.5) is 0 Å². The summed E-state index contributed by atoms with van der Waals surface area (Å²) in [5, 5.41) is 10.3. The minimum atomic E-state index is -0.975. The first-order valence-electron chi connectivity index (χ1n) is 8.04. The van der Waals surface area contributed by atoms with Crippen molar-refractivity contribution in [2.75, 3.05) is 13.2 Å². The number of unbranched alkanes of at least 4 members (excludes halogenated alkanes) is 1. The van der Waals surface area contributed by atoms with Crippen LogP contribution < -0.4 is 0 Å². The van der Waals surface area contributed by atoms with E-state index >= 15 is 0 Å². The Bertz CT molecular complexity index is 276. The zero-order valence-corrected chi connectivity index (χ0v) is 12.0. The summed E-state index contributed by atoms with van der Waals surface area (Å²) >= 11 is 0. The standard InChI is InChI=1S/C16H28O3/c17-15(16(18)10-4-1-5-11-16)7-3-2-6-14-8-12-19-13-9-14/h14,18H,1-13H2. The molecule has 3 heteroatoms. The Morgan fingerprint density at radius 1 is 1.11 bits per heavy atom. The summed E-state index contributed by atoms with van der Waals surface area (Å²) in [5.41, 5.74) is -0.975. The SMILES string of the molecule is O=C(CCCCC1CCOCC1)C1(O)CCCCC1. The molecule has 0 radical (unpaired) electrons. The van der Waals surface area contributed by atoms with Crippen LogP contribution in [0.2, 0.25) is 0 Å². The molecule has 1 saturated heterocycles. The van der Waals surface area contributed by atoms with Crippen LogP contribution >= 0.6 is 0 Å². The lowest BCUT2D eigenvalue weighted by molar-refractivity contribution is -0.140. The molecule has 1 heterocycles. The van der Waals surface area contributed by atoms with Gasteiger partial charge in [0, 0.05) is 19.6 Å². The number of carbonyl (C=O) groups excluding carboxylic acids is 1. The fraction of sp³-hybridized carbons (Fsp3) is 0.938. The number of rotatable bonds is 6. The minimum Gasteiger partial charge on any atom is -0.382 e.